The highest BCUT2D eigenvalue weighted by Gasteiger charge is 2.21. The topological polar surface area (TPSA) is 33.1 Å². The van der Waals surface area contributed by atoms with Crippen molar-refractivity contribution < 1.29 is 5.11 Å². The first-order valence-electron chi connectivity index (χ1n) is 6.99. The van der Waals surface area contributed by atoms with Crippen LogP contribution >= 0.6 is 0 Å². The summed E-state index contributed by atoms with van der Waals surface area (Å²) in [6, 6.07) is 12.6. The van der Waals surface area contributed by atoms with Crippen LogP contribution in [0.25, 0.3) is 11.1 Å². The van der Waals surface area contributed by atoms with E-state index >= 15 is 0 Å². The van der Waals surface area contributed by atoms with Crippen LogP contribution in [0.1, 0.15) is 42.3 Å². The summed E-state index contributed by atoms with van der Waals surface area (Å²) in [5, 5.41) is 10.3. The van der Waals surface area contributed by atoms with Crippen LogP contribution in [0.2, 0.25) is 0 Å². The van der Waals surface area contributed by atoms with E-state index in [0.717, 1.165) is 37.1 Å². The summed E-state index contributed by atoms with van der Waals surface area (Å²) in [6.45, 7) is 2.00. The Labute approximate surface area is 114 Å². The summed E-state index contributed by atoms with van der Waals surface area (Å²) in [5.74, 6) is 0. The van der Waals surface area contributed by atoms with Crippen molar-refractivity contribution in [2.75, 3.05) is 0 Å². The van der Waals surface area contributed by atoms with Crippen molar-refractivity contribution in [3.05, 3.63) is 53.3 Å². The van der Waals surface area contributed by atoms with Crippen molar-refractivity contribution in [1.29, 1.82) is 0 Å². The summed E-state index contributed by atoms with van der Waals surface area (Å²) in [5.41, 5.74) is 5.58. The second-order valence-corrected chi connectivity index (χ2v) is 5.30. The molecule has 1 aromatic carbocycles. The number of aryl methyl sites for hydroxylation is 1. The molecule has 1 N–H and O–H groups in total. The third kappa shape index (κ3) is 2.41. The summed E-state index contributed by atoms with van der Waals surface area (Å²) in [6.07, 6.45) is 3.65. The van der Waals surface area contributed by atoms with Gasteiger partial charge in [-0.15, -0.1) is 0 Å². The number of pyridine rings is 1. The van der Waals surface area contributed by atoms with Gasteiger partial charge in [0.25, 0.3) is 0 Å². The maximum Gasteiger partial charge on any atom is 0.0962 e. The summed E-state index contributed by atoms with van der Waals surface area (Å²) < 4.78 is 0. The first kappa shape index (κ1) is 12.4. The SMILES string of the molecule is Cc1cc(-c2ccccc2)c2c(n1)C(O)CCCC2. The fourth-order valence-electron chi connectivity index (χ4n) is 2.91. The number of hydrogen-bond acceptors (Lipinski definition) is 2. The van der Waals surface area contributed by atoms with E-state index in [0.29, 0.717) is 0 Å². The van der Waals surface area contributed by atoms with Gasteiger partial charge in [0.1, 0.15) is 0 Å². The lowest BCUT2D eigenvalue weighted by Gasteiger charge is -2.16. The average Bonchev–Trinajstić information content (AvgIpc) is 2.62. The number of nitrogens with zero attached hydrogens (tertiary/aromatic N) is 1. The molecule has 1 aliphatic carbocycles. The van der Waals surface area contributed by atoms with Crippen molar-refractivity contribution in [3.63, 3.8) is 0 Å². The van der Waals surface area contributed by atoms with E-state index in [1.54, 1.807) is 0 Å². The molecule has 19 heavy (non-hydrogen) atoms. The molecule has 0 spiro atoms. The van der Waals surface area contributed by atoms with E-state index in [1.807, 2.05) is 13.0 Å². The fraction of sp³-hybridized carbons (Fsp3) is 0.353. The van der Waals surface area contributed by atoms with Crippen LogP contribution in [0.15, 0.2) is 36.4 Å². The van der Waals surface area contributed by atoms with Crippen LogP contribution in [-0.2, 0) is 6.42 Å². The Bertz CT molecular complexity index is 577. The van der Waals surface area contributed by atoms with Gasteiger partial charge in [0.2, 0.25) is 0 Å². The number of benzene rings is 1. The minimum atomic E-state index is -0.403. The van der Waals surface area contributed by atoms with Gasteiger partial charge in [0.05, 0.1) is 11.8 Å². The molecule has 1 atom stereocenters. The molecule has 0 aliphatic heterocycles. The highest BCUT2D eigenvalue weighted by Crippen LogP contribution is 2.34. The van der Waals surface area contributed by atoms with Gasteiger partial charge < -0.3 is 5.11 Å². The van der Waals surface area contributed by atoms with E-state index in [4.69, 9.17) is 0 Å². The molecule has 1 heterocycles. The van der Waals surface area contributed by atoms with Gasteiger partial charge in [0.15, 0.2) is 0 Å². The largest absolute Gasteiger partial charge is 0.387 e. The lowest BCUT2D eigenvalue weighted by Crippen LogP contribution is -2.05. The zero-order chi connectivity index (χ0) is 13.2. The van der Waals surface area contributed by atoms with Gasteiger partial charge in [-0.2, -0.15) is 0 Å². The molecule has 2 aromatic rings. The minimum Gasteiger partial charge on any atom is -0.387 e. The van der Waals surface area contributed by atoms with Crippen LogP contribution in [0.4, 0.5) is 0 Å². The van der Waals surface area contributed by atoms with Gasteiger partial charge >= 0.3 is 0 Å². The molecule has 0 saturated heterocycles. The molecule has 0 fully saturated rings. The lowest BCUT2D eigenvalue weighted by atomic mass is 9.95. The Balaban J connectivity index is 2.20. The van der Waals surface area contributed by atoms with Crippen LogP contribution in [0.3, 0.4) is 0 Å². The third-order valence-electron chi connectivity index (χ3n) is 3.84. The molecule has 0 radical (unpaired) electrons. The smallest absolute Gasteiger partial charge is 0.0962 e. The molecule has 0 saturated carbocycles. The van der Waals surface area contributed by atoms with Gasteiger partial charge in [-0.25, -0.2) is 0 Å². The van der Waals surface area contributed by atoms with Gasteiger partial charge in [-0.1, -0.05) is 36.8 Å². The Morgan fingerprint density at radius 1 is 1.16 bits per heavy atom. The zero-order valence-electron chi connectivity index (χ0n) is 11.3. The highest BCUT2D eigenvalue weighted by atomic mass is 16.3. The maximum absolute atomic E-state index is 10.3. The lowest BCUT2D eigenvalue weighted by molar-refractivity contribution is 0.162. The molecule has 2 heteroatoms. The highest BCUT2D eigenvalue weighted by molar-refractivity contribution is 5.68. The summed E-state index contributed by atoms with van der Waals surface area (Å²) in [4.78, 5) is 4.59. The minimum absolute atomic E-state index is 0.403. The molecular weight excluding hydrogens is 234 g/mol. The molecule has 1 unspecified atom stereocenters. The molecule has 2 nitrogen and oxygen atoms in total. The second-order valence-electron chi connectivity index (χ2n) is 5.30. The molecule has 3 rings (SSSR count). The zero-order valence-corrected chi connectivity index (χ0v) is 11.3. The van der Waals surface area contributed by atoms with Crippen molar-refractivity contribution in [2.24, 2.45) is 0 Å². The standard InChI is InChI=1S/C17H19NO/c1-12-11-15(13-7-3-2-4-8-13)14-9-5-6-10-16(19)17(14)18-12/h2-4,7-8,11,16,19H,5-6,9-10H2,1H3. The molecule has 1 aromatic heterocycles. The van der Waals surface area contributed by atoms with Crippen LogP contribution in [-0.4, -0.2) is 10.1 Å². The molecule has 1 aliphatic rings. The van der Waals surface area contributed by atoms with Crippen molar-refractivity contribution >= 4 is 0 Å². The average molecular weight is 253 g/mol. The van der Waals surface area contributed by atoms with Gasteiger partial charge in [-0.3, -0.25) is 4.98 Å². The number of aliphatic hydroxyl groups is 1. The first-order chi connectivity index (χ1) is 9.25. The van der Waals surface area contributed by atoms with E-state index in [2.05, 4.69) is 35.3 Å². The van der Waals surface area contributed by atoms with Crippen molar-refractivity contribution in [3.8, 4) is 11.1 Å². The summed E-state index contributed by atoms with van der Waals surface area (Å²) >= 11 is 0. The molecular formula is C17H19NO. The number of aliphatic hydroxyl groups excluding tert-OH is 1. The Kier molecular flexibility index (Phi) is 3.34. The number of hydrogen-bond donors (Lipinski definition) is 1. The van der Waals surface area contributed by atoms with E-state index in [-0.39, 0.29) is 0 Å². The van der Waals surface area contributed by atoms with Crippen molar-refractivity contribution in [1.82, 2.24) is 4.98 Å². The Hall–Kier alpha value is -1.67. The number of rotatable bonds is 1. The third-order valence-corrected chi connectivity index (χ3v) is 3.84. The Morgan fingerprint density at radius 2 is 1.95 bits per heavy atom. The predicted octanol–water partition coefficient (Wildman–Crippen LogP) is 3.82. The van der Waals surface area contributed by atoms with Gasteiger partial charge in [0, 0.05) is 5.69 Å². The number of fused-ring (bicyclic) bond motifs is 1. The molecule has 0 amide bonds. The van der Waals surface area contributed by atoms with Crippen molar-refractivity contribution in [2.45, 2.75) is 38.7 Å². The maximum atomic E-state index is 10.3. The van der Waals surface area contributed by atoms with E-state index in [9.17, 15) is 5.11 Å². The van der Waals surface area contributed by atoms with Gasteiger partial charge in [-0.05, 0) is 48.9 Å². The monoisotopic (exact) mass is 253 g/mol. The van der Waals surface area contributed by atoms with E-state index < -0.39 is 6.10 Å². The molecule has 0 bridgehead atoms. The van der Waals surface area contributed by atoms with Crippen LogP contribution in [0.5, 0.6) is 0 Å². The molecule has 98 valence electrons. The van der Waals surface area contributed by atoms with Crippen LogP contribution in [0, 0.1) is 6.92 Å². The number of aromatic nitrogens is 1. The first-order valence-corrected chi connectivity index (χ1v) is 6.99. The van der Waals surface area contributed by atoms with Crippen LogP contribution < -0.4 is 0 Å². The fourth-order valence-corrected chi connectivity index (χ4v) is 2.91. The van der Waals surface area contributed by atoms with E-state index in [1.165, 1.54) is 16.7 Å². The summed E-state index contributed by atoms with van der Waals surface area (Å²) in [7, 11) is 0. The Morgan fingerprint density at radius 3 is 2.74 bits per heavy atom. The normalized spacial score (nSPS) is 18.7. The predicted molar refractivity (Wildman–Crippen MR) is 76.9 cm³/mol. The quantitative estimate of drug-likeness (QED) is 0.784. The second kappa shape index (κ2) is 5.14.